The summed E-state index contributed by atoms with van der Waals surface area (Å²) >= 11 is 0. The first-order valence-corrected chi connectivity index (χ1v) is 14.5. The van der Waals surface area contributed by atoms with Crippen LogP contribution in [0.25, 0.3) is 11.2 Å². The molecule has 3 heterocycles. The molecule has 1 saturated heterocycles. The summed E-state index contributed by atoms with van der Waals surface area (Å²) in [4.78, 5) is 36.2. The van der Waals surface area contributed by atoms with Crippen LogP contribution in [0.5, 0.6) is 5.75 Å². The average molecular weight is 610 g/mol. The van der Waals surface area contributed by atoms with Crippen molar-refractivity contribution in [1.82, 2.24) is 24.6 Å². The molecule has 0 radical (unpaired) electrons. The molecule has 17 heteroatoms. The van der Waals surface area contributed by atoms with E-state index >= 15 is 4.39 Å². The zero-order chi connectivity index (χ0) is 30.8. The molecule has 0 spiro atoms. The van der Waals surface area contributed by atoms with Gasteiger partial charge in [-0.05, 0) is 39.8 Å². The normalized spacial score (nSPS) is 24.3. The van der Waals surface area contributed by atoms with Gasteiger partial charge in [-0.3, -0.25) is 18.7 Å². The number of ether oxygens (including phenoxy) is 2. The van der Waals surface area contributed by atoms with Gasteiger partial charge in [-0.15, -0.1) is 0 Å². The number of aromatic nitrogens is 4. The fourth-order valence-electron chi connectivity index (χ4n) is 4.22. The summed E-state index contributed by atoms with van der Waals surface area (Å²) in [5.74, 6) is -1.19. The number of para-hydroxylation sites is 1. The van der Waals surface area contributed by atoms with Gasteiger partial charge in [0.15, 0.2) is 28.9 Å². The summed E-state index contributed by atoms with van der Waals surface area (Å²) in [6.07, 6.45) is -3.85. The molecule has 1 amide bonds. The predicted octanol–water partition coefficient (Wildman–Crippen LogP) is 2.49. The Morgan fingerprint density at radius 1 is 1.26 bits per heavy atom. The maximum absolute atomic E-state index is 16.0. The van der Waals surface area contributed by atoms with Crippen LogP contribution in [0, 0.1) is 0 Å². The Morgan fingerprint density at radius 3 is 2.60 bits per heavy atom. The molecule has 1 fully saturated rings. The van der Waals surface area contributed by atoms with Gasteiger partial charge in [0.05, 0.1) is 19.0 Å². The number of aliphatic hydroxyl groups excluding tert-OH is 1. The number of nitrogens with zero attached hydrogens (tertiary/aromatic N) is 4. The minimum Gasteiger partial charge on any atom is -0.462 e. The number of alkyl halides is 1. The van der Waals surface area contributed by atoms with Gasteiger partial charge in [-0.25, -0.2) is 13.9 Å². The van der Waals surface area contributed by atoms with Crippen LogP contribution in [0.15, 0.2) is 36.7 Å². The molecule has 1 aliphatic heterocycles. The molecule has 1 aliphatic rings. The Morgan fingerprint density at radius 2 is 1.95 bits per heavy atom. The molecular formula is C25H33FN7O8P. The standard InChI is InChI=1S/C25H33FN7O8P/c1-13(2)39-22(36)14(3)32-42(37,41-16-9-7-6-8-10-16)38-11-17-19(35)25(5,26)23(40-17)33-12-28-18-20(29-15(4)34)30-24(27)31-21(18)33/h6-10,12-14,17,19,23,35H,11H2,1-5H3,(H,32,37)(H3,27,29,30,31,34)/t14-,17+,19+,23+,25+,42+/m0/s1. The molecule has 0 saturated carbocycles. The number of carbonyl (C=O) groups excluding carboxylic acids is 2. The number of halogens is 1. The Labute approximate surface area is 240 Å². The fraction of sp³-hybridized carbons (Fsp3) is 0.480. The number of esters is 1. The Kier molecular flexibility index (Phi) is 9.13. The van der Waals surface area contributed by atoms with Crippen molar-refractivity contribution in [3.63, 3.8) is 0 Å². The van der Waals surface area contributed by atoms with Crippen molar-refractivity contribution in [3.8, 4) is 5.75 Å². The molecule has 2 aromatic heterocycles. The van der Waals surface area contributed by atoms with Crippen molar-refractivity contribution in [1.29, 1.82) is 0 Å². The summed E-state index contributed by atoms with van der Waals surface area (Å²) in [5, 5.41) is 15.9. The molecule has 5 N–H and O–H groups in total. The highest BCUT2D eigenvalue weighted by atomic mass is 31.2. The predicted molar refractivity (Wildman–Crippen MR) is 148 cm³/mol. The second-order valence-corrected chi connectivity index (χ2v) is 11.8. The highest BCUT2D eigenvalue weighted by Crippen LogP contribution is 2.48. The van der Waals surface area contributed by atoms with Crippen molar-refractivity contribution in [2.75, 3.05) is 17.7 Å². The number of aliphatic hydroxyl groups is 1. The van der Waals surface area contributed by atoms with E-state index < -0.39 is 62.5 Å². The monoisotopic (exact) mass is 609 g/mol. The van der Waals surface area contributed by atoms with Gasteiger partial charge in [-0.2, -0.15) is 15.1 Å². The highest BCUT2D eigenvalue weighted by molar-refractivity contribution is 7.52. The number of nitrogens with one attached hydrogen (secondary N) is 2. The molecule has 6 atom stereocenters. The van der Waals surface area contributed by atoms with Crippen LogP contribution in [-0.4, -0.2) is 73.1 Å². The molecule has 0 unspecified atom stereocenters. The van der Waals surface area contributed by atoms with Gasteiger partial charge in [0, 0.05) is 6.92 Å². The number of imidazole rings is 1. The number of nitrogens with two attached hydrogens (primary N) is 1. The maximum atomic E-state index is 16.0. The highest BCUT2D eigenvalue weighted by Gasteiger charge is 2.56. The smallest absolute Gasteiger partial charge is 0.459 e. The van der Waals surface area contributed by atoms with Crippen LogP contribution >= 0.6 is 7.75 Å². The minimum atomic E-state index is -4.32. The summed E-state index contributed by atoms with van der Waals surface area (Å²) in [6, 6.07) is 6.94. The number of nitrogen functional groups attached to an aromatic ring is 1. The summed E-state index contributed by atoms with van der Waals surface area (Å²) < 4.78 is 53.2. The van der Waals surface area contributed by atoms with E-state index in [1.807, 2.05) is 0 Å². The number of fused-ring (bicyclic) bond motifs is 1. The van der Waals surface area contributed by atoms with E-state index in [2.05, 4.69) is 25.4 Å². The van der Waals surface area contributed by atoms with Crippen LogP contribution in [0.1, 0.15) is 40.8 Å². The number of benzene rings is 1. The number of rotatable bonds is 11. The molecule has 3 aromatic rings. The van der Waals surface area contributed by atoms with Gasteiger partial charge in [0.2, 0.25) is 11.9 Å². The second-order valence-electron chi connectivity index (χ2n) is 10.1. The molecule has 1 aromatic carbocycles. The second kappa shape index (κ2) is 12.3. The van der Waals surface area contributed by atoms with Gasteiger partial charge < -0.3 is 30.2 Å². The van der Waals surface area contributed by atoms with E-state index in [-0.39, 0.29) is 28.7 Å². The third-order valence-electron chi connectivity index (χ3n) is 6.14. The van der Waals surface area contributed by atoms with Crippen molar-refractivity contribution >= 4 is 42.6 Å². The number of anilines is 2. The lowest BCUT2D eigenvalue weighted by atomic mass is 9.98. The summed E-state index contributed by atoms with van der Waals surface area (Å²) in [7, 11) is -4.32. The zero-order valence-electron chi connectivity index (χ0n) is 23.6. The molecule has 0 aliphatic carbocycles. The van der Waals surface area contributed by atoms with E-state index in [0.717, 1.165) is 6.92 Å². The van der Waals surface area contributed by atoms with Gasteiger partial charge >= 0.3 is 13.7 Å². The molecule has 4 rings (SSSR count). The van der Waals surface area contributed by atoms with Crippen LogP contribution in [0.4, 0.5) is 16.2 Å². The minimum absolute atomic E-state index is 0.0120. The fourth-order valence-corrected chi connectivity index (χ4v) is 5.72. The van der Waals surface area contributed by atoms with Crippen LogP contribution < -0.4 is 20.7 Å². The van der Waals surface area contributed by atoms with Crippen molar-refractivity contribution in [2.45, 2.75) is 70.9 Å². The molecule has 0 bridgehead atoms. The van der Waals surface area contributed by atoms with Crippen LogP contribution in [0.2, 0.25) is 0 Å². The maximum Gasteiger partial charge on any atom is 0.459 e. The quantitative estimate of drug-likeness (QED) is 0.183. The molecular weight excluding hydrogens is 576 g/mol. The summed E-state index contributed by atoms with van der Waals surface area (Å²) in [5.41, 5.74) is 3.51. The van der Waals surface area contributed by atoms with Crippen LogP contribution in [0.3, 0.4) is 0 Å². The third kappa shape index (κ3) is 6.85. The third-order valence-corrected chi connectivity index (χ3v) is 7.78. The van der Waals surface area contributed by atoms with Crippen molar-refractivity contribution in [3.05, 3.63) is 36.7 Å². The average Bonchev–Trinajstić information content (AvgIpc) is 3.40. The first-order chi connectivity index (χ1) is 19.7. The van der Waals surface area contributed by atoms with Gasteiger partial charge in [0.1, 0.15) is 24.0 Å². The van der Waals surface area contributed by atoms with E-state index in [9.17, 15) is 19.3 Å². The SMILES string of the molecule is CC(=O)Nc1nc(N)nc2c1ncn2[C@@H]1O[C@H](CO[P@](=O)(N[C@@H](C)C(=O)OC(C)C)Oc2ccccc2)[C@@H](O)[C@@]1(C)F. The van der Waals surface area contributed by atoms with Crippen LogP contribution in [-0.2, 0) is 28.2 Å². The Bertz CT molecular complexity index is 1490. The number of hydrogen-bond acceptors (Lipinski definition) is 12. The lowest BCUT2D eigenvalue weighted by Crippen LogP contribution is -2.41. The summed E-state index contributed by atoms with van der Waals surface area (Å²) in [6.45, 7) is 6.50. The van der Waals surface area contributed by atoms with E-state index in [1.54, 1.807) is 32.0 Å². The van der Waals surface area contributed by atoms with Gasteiger partial charge in [-0.1, -0.05) is 18.2 Å². The number of hydrogen-bond donors (Lipinski definition) is 4. The van der Waals surface area contributed by atoms with Crippen molar-refractivity contribution in [2.24, 2.45) is 0 Å². The lowest BCUT2D eigenvalue weighted by molar-refractivity contribution is -0.149. The van der Waals surface area contributed by atoms with E-state index in [0.29, 0.717) is 0 Å². The van der Waals surface area contributed by atoms with Gasteiger partial charge in [0.25, 0.3) is 0 Å². The van der Waals surface area contributed by atoms with E-state index in [1.165, 1.54) is 36.9 Å². The molecule has 228 valence electrons. The number of carbonyl (C=O) groups is 2. The first kappa shape index (κ1) is 31.3. The molecule has 42 heavy (non-hydrogen) atoms. The first-order valence-electron chi connectivity index (χ1n) is 13.0. The van der Waals surface area contributed by atoms with Crippen molar-refractivity contribution < 1.29 is 42.2 Å². The largest absolute Gasteiger partial charge is 0.462 e. The number of amides is 1. The Balaban J connectivity index is 1.57. The topological polar surface area (TPSA) is 202 Å². The lowest BCUT2D eigenvalue weighted by Gasteiger charge is -2.25. The van der Waals surface area contributed by atoms with E-state index in [4.69, 9.17) is 24.3 Å². The Hall–Kier alpha value is -3.69. The molecule has 15 nitrogen and oxygen atoms in total. The zero-order valence-corrected chi connectivity index (χ0v) is 24.4.